The Bertz CT molecular complexity index is 961. The topological polar surface area (TPSA) is 59.8 Å². The van der Waals surface area contributed by atoms with Gasteiger partial charge in [-0.15, -0.1) is 11.3 Å². The van der Waals surface area contributed by atoms with Crippen molar-refractivity contribution in [1.82, 2.24) is 14.8 Å². The first-order chi connectivity index (χ1) is 12.3. The molecule has 0 saturated heterocycles. The second-order valence-electron chi connectivity index (χ2n) is 6.39. The summed E-state index contributed by atoms with van der Waals surface area (Å²) in [7, 11) is 1.88. The molecular formula is C19H21ClN4OS. The van der Waals surface area contributed by atoms with Crippen LogP contribution in [0.25, 0.3) is 0 Å². The SMILES string of the molecule is Cc1ccc(Cc2cnc(NC(=O)Cc3c(C)nn(C)c3C)s2)cc1Cl. The average Bonchev–Trinajstić information content (AvgIpc) is 3.10. The van der Waals surface area contributed by atoms with Gasteiger partial charge in [-0.25, -0.2) is 4.98 Å². The molecule has 1 N–H and O–H groups in total. The predicted molar refractivity (Wildman–Crippen MR) is 106 cm³/mol. The molecule has 2 heterocycles. The molecule has 1 aromatic carbocycles. The van der Waals surface area contributed by atoms with Crippen LogP contribution in [-0.4, -0.2) is 20.7 Å². The molecule has 7 heteroatoms. The van der Waals surface area contributed by atoms with E-state index in [9.17, 15) is 4.79 Å². The highest BCUT2D eigenvalue weighted by Crippen LogP contribution is 2.24. The Hall–Kier alpha value is -2.18. The van der Waals surface area contributed by atoms with E-state index < -0.39 is 0 Å². The van der Waals surface area contributed by atoms with Gasteiger partial charge in [-0.2, -0.15) is 5.10 Å². The van der Waals surface area contributed by atoms with Gasteiger partial charge in [0.2, 0.25) is 5.91 Å². The van der Waals surface area contributed by atoms with E-state index in [2.05, 4.69) is 21.5 Å². The number of amides is 1. The van der Waals surface area contributed by atoms with Crippen molar-refractivity contribution >= 4 is 34.0 Å². The maximum atomic E-state index is 12.3. The van der Waals surface area contributed by atoms with Crippen LogP contribution in [0.1, 0.15) is 33.0 Å². The summed E-state index contributed by atoms with van der Waals surface area (Å²) in [6.07, 6.45) is 2.84. The molecule has 5 nitrogen and oxygen atoms in total. The number of hydrogen-bond donors (Lipinski definition) is 1. The number of carbonyl (C=O) groups excluding carboxylic acids is 1. The third-order valence-corrected chi connectivity index (χ3v) is 5.73. The zero-order chi connectivity index (χ0) is 18.8. The minimum Gasteiger partial charge on any atom is -0.302 e. The first kappa shape index (κ1) is 18.6. The zero-order valence-electron chi connectivity index (χ0n) is 15.3. The summed E-state index contributed by atoms with van der Waals surface area (Å²) in [6, 6.07) is 6.05. The smallest absolute Gasteiger partial charge is 0.230 e. The van der Waals surface area contributed by atoms with Gasteiger partial charge in [-0.3, -0.25) is 9.48 Å². The Kier molecular flexibility index (Phi) is 5.44. The molecule has 0 unspecified atom stereocenters. The lowest BCUT2D eigenvalue weighted by molar-refractivity contribution is -0.115. The molecule has 0 fully saturated rings. The summed E-state index contributed by atoms with van der Waals surface area (Å²) in [5, 5.41) is 8.61. The fourth-order valence-corrected chi connectivity index (χ4v) is 3.86. The minimum absolute atomic E-state index is 0.0801. The molecule has 26 heavy (non-hydrogen) atoms. The molecule has 0 saturated carbocycles. The Morgan fingerprint density at radius 3 is 2.73 bits per heavy atom. The number of benzene rings is 1. The molecule has 3 aromatic rings. The molecule has 0 aliphatic carbocycles. The summed E-state index contributed by atoms with van der Waals surface area (Å²) in [5.74, 6) is -0.0801. The highest BCUT2D eigenvalue weighted by atomic mass is 35.5. The van der Waals surface area contributed by atoms with Gasteiger partial charge in [-0.1, -0.05) is 23.7 Å². The van der Waals surface area contributed by atoms with Crippen LogP contribution in [0.4, 0.5) is 5.13 Å². The van der Waals surface area contributed by atoms with Crippen LogP contribution in [0.2, 0.25) is 5.02 Å². The number of carbonyl (C=O) groups is 1. The Morgan fingerprint density at radius 1 is 1.31 bits per heavy atom. The average molecular weight is 389 g/mol. The molecule has 0 radical (unpaired) electrons. The third-order valence-electron chi connectivity index (χ3n) is 4.41. The lowest BCUT2D eigenvalue weighted by Gasteiger charge is -2.03. The number of nitrogens with one attached hydrogen (secondary N) is 1. The lowest BCUT2D eigenvalue weighted by Crippen LogP contribution is -2.15. The van der Waals surface area contributed by atoms with Crippen LogP contribution < -0.4 is 5.32 Å². The lowest BCUT2D eigenvalue weighted by atomic mass is 10.1. The summed E-state index contributed by atoms with van der Waals surface area (Å²) in [5.41, 5.74) is 5.05. The largest absolute Gasteiger partial charge is 0.302 e. The van der Waals surface area contributed by atoms with E-state index >= 15 is 0 Å². The van der Waals surface area contributed by atoms with Gasteiger partial charge in [0.15, 0.2) is 5.13 Å². The number of halogens is 1. The molecule has 0 aliphatic rings. The van der Waals surface area contributed by atoms with E-state index in [-0.39, 0.29) is 5.91 Å². The van der Waals surface area contributed by atoms with Crippen LogP contribution in [0.15, 0.2) is 24.4 Å². The second kappa shape index (κ2) is 7.60. The Balaban J connectivity index is 1.64. The summed E-state index contributed by atoms with van der Waals surface area (Å²) in [6.45, 7) is 5.87. The normalized spacial score (nSPS) is 11.0. The van der Waals surface area contributed by atoms with Gasteiger partial charge in [0, 0.05) is 40.8 Å². The van der Waals surface area contributed by atoms with Crippen LogP contribution >= 0.6 is 22.9 Å². The molecule has 0 bridgehead atoms. The molecule has 3 rings (SSSR count). The van der Waals surface area contributed by atoms with Crippen LogP contribution in [0.5, 0.6) is 0 Å². The van der Waals surface area contributed by atoms with Crippen molar-refractivity contribution in [2.45, 2.75) is 33.6 Å². The van der Waals surface area contributed by atoms with Crippen molar-refractivity contribution in [3.63, 3.8) is 0 Å². The van der Waals surface area contributed by atoms with E-state index in [0.29, 0.717) is 11.6 Å². The highest BCUT2D eigenvalue weighted by molar-refractivity contribution is 7.15. The highest BCUT2D eigenvalue weighted by Gasteiger charge is 2.15. The van der Waals surface area contributed by atoms with Gasteiger partial charge in [0.05, 0.1) is 12.1 Å². The van der Waals surface area contributed by atoms with Crippen LogP contribution in [0.3, 0.4) is 0 Å². The Labute approximate surface area is 162 Å². The number of aryl methyl sites for hydroxylation is 3. The van der Waals surface area contributed by atoms with Gasteiger partial charge in [0.25, 0.3) is 0 Å². The van der Waals surface area contributed by atoms with Crippen LogP contribution in [-0.2, 0) is 24.7 Å². The number of anilines is 1. The number of rotatable bonds is 5. The monoisotopic (exact) mass is 388 g/mol. The standard InChI is InChI=1S/C19H21ClN4OS/c1-11-5-6-14(8-17(11)20)7-15-10-21-19(26-15)22-18(25)9-16-12(2)23-24(4)13(16)3/h5-6,8,10H,7,9H2,1-4H3,(H,21,22,25). The van der Waals surface area contributed by atoms with Crippen molar-refractivity contribution in [2.75, 3.05) is 5.32 Å². The van der Waals surface area contributed by atoms with E-state index in [1.807, 2.05) is 40.0 Å². The number of aromatic nitrogens is 3. The second-order valence-corrected chi connectivity index (χ2v) is 7.91. The van der Waals surface area contributed by atoms with Crippen LogP contribution in [0, 0.1) is 20.8 Å². The van der Waals surface area contributed by atoms with Gasteiger partial charge in [-0.05, 0) is 38.0 Å². The maximum Gasteiger partial charge on any atom is 0.230 e. The molecular weight excluding hydrogens is 368 g/mol. The quantitative estimate of drug-likeness (QED) is 0.711. The first-order valence-electron chi connectivity index (χ1n) is 8.32. The molecule has 2 aromatic heterocycles. The number of thiazole rings is 1. The fourth-order valence-electron chi connectivity index (χ4n) is 2.79. The third kappa shape index (κ3) is 4.14. The van der Waals surface area contributed by atoms with Gasteiger partial charge >= 0.3 is 0 Å². The first-order valence-corrected chi connectivity index (χ1v) is 9.51. The van der Waals surface area contributed by atoms with Crippen molar-refractivity contribution in [3.05, 3.63) is 62.4 Å². The van der Waals surface area contributed by atoms with Crippen molar-refractivity contribution in [3.8, 4) is 0 Å². The minimum atomic E-state index is -0.0801. The van der Waals surface area contributed by atoms with E-state index in [4.69, 9.17) is 11.6 Å². The van der Waals surface area contributed by atoms with Crippen molar-refractivity contribution < 1.29 is 4.79 Å². The van der Waals surface area contributed by atoms with Crippen molar-refractivity contribution in [2.24, 2.45) is 7.05 Å². The molecule has 136 valence electrons. The summed E-state index contributed by atoms with van der Waals surface area (Å²) < 4.78 is 1.80. The van der Waals surface area contributed by atoms with E-state index in [1.54, 1.807) is 10.9 Å². The van der Waals surface area contributed by atoms with E-state index in [0.717, 1.165) is 44.4 Å². The zero-order valence-corrected chi connectivity index (χ0v) is 16.8. The molecule has 0 spiro atoms. The number of hydrogen-bond acceptors (Lipinski definition) is 4. The Morgan fingerprint density at radius 2 is 2.08 bits per heavy atom. The maximum absolute atomic E-state index is 12.3. The van der Waals surface area contributed by atoms with Gasteiger partial charge < -0.3 is 5.32 Å². The molecule has 1 amide bonds. The summed E-state index contributed by atoms with van der Waals surface area (Å²) >= 11 is 7.67. The number of nitrogens with zero attached hydrogens (tertiary/aromatic N) is 3. The molecule has 0 atom stereocenters. The van der Waals surface area contributed by atoms with Gasteiger partial charge in [0.1, 0.15) is 0 Å². The summed E-state index contributed by atoms with van der Waals surface area (Å²) in [4.78, 5) is 17.7. The molecule has 0 aliphatic heterocycles. The fraction of sp³-hybridized carbons (Fsp3) is 0.316. The van der Waals surface area contributed by atoms with Crippen molar-refractivity contribution in [1.29, 1.82) is 0 Å². The predicted octanol–water partition coefficient (Wildman–Crippen LogP) is 4.23. The van der Waals surface area contributed by atoms with E-state index in [1.165, 1.54) is 11.3 Å².